The zero-order chi connectivity index (χ0) is 26.2. The number of rotatable bonds is 11. The first kappa shape index (κ1) is 28.0. The van der Waals surface area contributed by atoms with E-state index in [9.17, 15) is 0 Å². The Labute approximate surface area is 221 Å². The van der Waals surface area contributed by atoms with Crippen LogP contribution < -0.4 is 16.4 Å². The normalized spacial score (nSPS) is 29.1. The van der Waals surface area contributed by atoms with Gasteiger partial charge in [0, 0.05) is 50.1 Å². The highest BCUT2D eigenvalue weighted by Gasteiger charge is 2.36. The van der Waals surface area contributed by atoms with Crippen molar-refractivity contribution in [3.05, 3.63) is 46.7 Å². The van der Waals surface area contributed by atoms with E-state index < -0.39 is 12.1 Å². The second-order valence-corrected chi connectivity index (χ2v) is 10.7. The van der Waals surface area contributed by atoms with Crippen LogP contribution in [0.4, 0.5) is 8.78 Å². The number of hydrogen-bond donors (Lipinski definition) is 3. The molecule has 0 saturated carbocycles. The second-order valence-electron chi connectivity index (χ2n) is 10.7. The summed E-state index contributed by atoms with van der Waals surface area (Å²) in [5.41, 5.74) is 9.89. The monoisotopic (exact) mass is 517 g/mol. The van der Waals surface area contributed by atoms with Gasteiger partial charge in [-0.3, -0.25) is 9.89 Å². The van der Waals surface area contributed by atoms with Crippen molar-refractivity contribution in [2.75, 3.05) is 39.4 Å². The Morgan fingerprint density at radius 1 is 1.30 bits per heavy atom. The Hall–Kier alpha value is -2.03. The van der Waals surface area contributed by atoms with Crippen molar-refractivity contribution >= 4 is 6.21 Å². The van der Waals surface area contributed by atoms with Gasteiger partial charge in [-0.15, -0.1) is 0 Å². The molecule has 4 N–H and O–H groups in total. The number of nitrogens with one attached hydrogen (secondary N) is 2. The van der Waals surface area contributed by atoms with Crippen LogP contribution >= 0.6 is 0 Å². The average Bonchev–Trinajstić information content (AvgIpc) is 2.91. The van der Waals surface area contributed by atoms with Crippen molar-refractivity contribution < 1.29 is 13.5 Å². The van der Waals surface area contributed by atoms with E-state index in [1.165, 1.54) is 0 Å². The van der Waals surface area contributed by atoms with E-state index in [0.29, 0.717) is 32.3 Å². The fourth-order valence-corrected chi connectivity index (χ4v) is 5.90. The van der Waals surface area contributed by atoms with Gasteiger partial charge in [0.25, 0.3) is 0 Å². The van der Waals surface area contributed by atoms with Gasteiger partial charge in [-0.2, -0.15) is 0 Å². The molecule has 0 spiro atoms. The lowest BCUT2D eigenvalue weighted by atomic mass is 9.79. The molecule has 0 bridgehead atoms. The maximum absolute atomic E-state index is 15.3. The number of ether oxygens (including phenoxy) is 1. The minimum Gasteiger partial charge on any atom is -0.388 e. The minimum absolute atomic E-state index is 0.0862. The molecule has 6 nitrogen and oxygen atoms in total. The fraction of sp³-hybridized carbons (Fsp3) is 0.690. The lowest BCUT2D eigenvalue weighted by Crippen LogP contribution is -2.43. The summed E-state index contributed by atoms with van der Waals surface area (Å²) in [7, 11) is 0. The molecule has 2 aliphatic heterocycles. The van der Waals surface area contributed by atoms with Gasteiger partial charge in [-0.1, -0.05) is 26.7 Å². The molecule has 1 fully saturated rings. The molecule has 206 valence electrons. The lowest BCUT2D eigenvalue weighted by molar-refractivity contribution is 0.0268. The van der Waals surface area contributed by atoms with E-state index >= 15 is 8.78 Å². The summed E-state index contributed by atoms with van der Waals surface area (Å²) >= 11 is 0. The molecule has 8 heteroatoms. The molecular weight excluding hydrogens is 472 g/mol. The molecule has 4 rings (SSSR count). The highest BCUT2D eigenvalue weighted by atomic mass is 19.1. The maximum Gasteiger partial charge on any atom is 0.129 e. The third kappa shape index (κ3) is 7.09. The van der Waals surface area contributed by atoms with Gasteiger partial charge in [-0.25, -0.2) is 8.78 Å². The van der Waals surface area contributed by atoms with Gasteiger partial charge in [0.05, 0.1) is 30.9 Å². The summed E-state index contributed by atoms with van der Waals surface area (Å²) in [6.07, 6.45) is 13.0. The van der Waals surface area contributed by atoms with Gasteiger partial charge in [0.1, 0.15) is 12.0 Å². The van der Waals surface area contributed by atoms with Crippen LogP contribution in [0.15, 0.2) is 51.7 Å². The molecular formula is C29H45F2N5O. The number of allylic oxidation sites excluding steroid dienone is 4. The van der Waals surface area contributed by atoms with E-state index in [1.54, 1.807) is 12.2 Å². The summed E-state index contributed by atoms with van der Waals surface area (Å²) in [5, 5.41) is 7.23. The van der Waals surface area contributed by atoms with E-state index in [0.717, 1.165) is 80.6 Å². The van der Waals surface area contributed by atoms with Gasteiger partial charge >= 0.3 is 0 Å². The SMILES string of the molecule is CCCC(CCC)N/C=C(\CN)C1C=NC2=C(N1)C(C1=CC(F)C(CN3CCOCC3)C(F)=C1)CCC2. The number of aliphatic imine (C=N–C) groups is 1. The number of nitrogens with two attached hydrogens (primary N) is 1. The number of morpholine rings is 1. The van der Waals surface area contributed by atoms with Gasteiger partial charge in [-0.05, 0) is 61.6 Å². The fourth-order valence-electron chi connectivity index (χ4n) is 5.90. The van der Waals surface area contributed by atoms with Crippen molar-refractivity contribution in [3.63, 3.8) is 0 Å². The molecule has 4 aliphatic rings. The van der Waals surface area contributed by atoms with Crippen molar-refractivity contribution in [1.82, 2.24) is 15.5 Å². The summed E-state index contributed by atoms with van der Waals surface area (Å²) < 4.78 is 36.0. The second kappa shape index (κ2) is 13.7. The standard InChI is InChI=1S/C29H45F2N5O/c1-3-6-22(7-4-2)33-17-21(16-32)28-18-34-27-9-5-8-23(29(27)35-28)20-14-25(30)24(26(31)15-20)19-36-10-12-37-13-11-36/h14-15,17-18,22-25,28,33,35H,3-13,16,19,32H2,1-2H3/b21-17+. The van der Waals surface area contributed by atoms with Crippen LogP contribution in [-0.4, -0.2) is 68.8 Å². The largest absolute Gasteiger partial charge is 0.388 e. The number of nitrogens with zero attached hydrogens (tertiary/aromatic N) is 2. The van der Waals surface area contributed by atoms with Gasteiger partial charge in [0.15, 0.2) is 0 Å². The van der Waals surface area contributed by atoms with Crippen LogP contribution in [0, 0.1) is 11.8 Å². The highest BCUT2D eigenvalue weighted by molar-refractivity contribution is 5.73. The Morgan fingerprint density at radius 3 is 2.73 bits per heavy atom. The van der Waals surface area contributed by atoms with Crippen molar-refractivity contribution in [1.29, 1.82) is 0 Å². The molecule has 4 atom stereocenters. The Balaban J connectivity index is 1.46. The van der Waals surface area contributed by atoms with E-state index in [2.05, 4.69) is 35.6 Å². The van der Waals surface area contributed by atoms with Crippen molar-refractivity contribution in [2.45, 2.75) is 77.0 Å². The number of hydrogen-bond acceptors (Lipinski definition) is 6. The van der Waals surface area contributed by atoms with Crippen LogP contribution in [0.25, 0.3) is 0 Å². The van der Waals surface area contributed by atoms with Gasteiger partial charge in [0.2, 0.25) is 0 Å². The average molecular weight is 518 g/mol. The Bertz CT molecular complexity index is 915. The molecule has 4 unspecified atom stereocenters. The smallest absolute Gasteiger partial charge is 0.129 e. The predicted octanol–water partition coefficient (Wildman–Crippen LogP) is 4.52. The van der Waals surface area contributed by atoms with E-state index in [4.69, 9.17) is 15.5 Å². The zero-order valence-electron chi connectivity index (χ0n) is 22.5. The quantitative estimate of drug-likeness (QED) is 0.376. The first-order valence-electron chi connectivity index (χ1n) is 14.3. The molecule has 2 aliphatic carbocycles. The summed E-state index contributed by atoms with van der Waals surface area (Å²) in [5.74, 6) is -1.19. The van der Waals surface area contributed by atoms with Crippen molar-refractivity contribution in [3.8, 4) is 0 Å². The van der Waals surface area contributed by atoms with E-state index in [1.807, 2.05) is 6.21 Å². The molecule has 0 aromatic heterocycles. The zero-order valence-corrected chi connectivity index (χ0v) is 22.5. The summed E-state index contributed by atoms with van der Waals surface area (Å²) in [6, 6.07) is 0.302. The molecule has 1 saturated heterocycles. The van der Waals surface area contributed by atoms with Crippen LogP contribution in [-0.2, 0) is 4.74 Å². The van der Waals surface area contributed by atoms with Crippen molar-refractivity contribution in [2.24, 2.45) is 22.6 Å². The van der Waals surface area contributed by atoms with Gasteiger partial charge < -0.3 is 21.1 Å². The molecule has 37 heavy (non-hydrogen) atoms. The molecule has 0 amide bonds. The third-order valence-corrected chi connectivity index (χ3v) is 8.03. The van der Waals surface area contributed by atoms with Crippen LogP contribution in [0.5, 0.6) is 0 Å². The third-order valence-electron chi connectivity index (χ3n) is 8.03. The first-order chi connectivity index (χ1) is 18.0. The topological polar surface area (TPSA) is 74.9 Å². The number of alkyl halides is 1. The summed E-state index contributed by atoms with van der Waals surface area (Å²) in [6.45, 7) is 7.88. The maximum atomic E-state index is 15.3. The lowest BCUT2D eigenvalue weighted by Gasteiger charge is -2.36. The molecule has 0 radical (unpaired) electrons. The minimum atomic E-state index is -1.34. The Morgan fingerprint density at radius 2 is 2.05 bits per heavy atom. The van der Waals surface area contributed by atoms with E-state index in [-0.39, 0.29) is 17.8 Å². The first-order valence-corrected chi connectivity index (χ1v) is 14.3. The summed E-state index contributed by atoms with van der Waals surface area (Å²) in [4.78, 5) is 6.88. The van der Waals surface area contributed by atoms with Crippen LogP contribution in [0.1, 0.15) is 58.8 Å². The Kier molecular flexibility index (Phi) is 10.3. The molecule has 0 aromatic rings. The highest BCUT2D eigenvalue weighted by Crippen LogP contribution is 2.40. The predicted molar refractivity (Wildman–Crippen MR) is 147 cm³/mol. The van der Waals surface area contributed by atoms with Crippen LogP contribution in [0.2, 0.25) is 0 Å². The molecule has 2 heterocycles. The van der Waals surface area contributed by atoms with Crippen LogP contribution in [0.3, 0.4) is 0 Å². The number of halogens is 2. The molecule has 0 aromatic carbocycles.